The van der Waals surface area contributed by atoms with Crippen LogP contribution < -0.4 is 0 Å². The summed E-state index contributed by atoms with van der Waals surface area (Å²) in [6.07, 6.45) is -4.49. The lowest BCUT2D eigenvalue weighted by Crippen LogP contribution is -2.12. The quantitative estimate of drug-likeness (QED) is 0.745. The normalized spacial score (nSPS) is 12.9. The van der Waals surface area contributed by atoms with E-state index in [2.05, 4.69) is 0 Å². The van der Waals surface area contributed by atoms with Gasteiger partial charge in [-0.25, -0.2) is 0 Å². The fraction of sp³-hybridized carbons (Fsp3) is 0.333. The van der Waals surface area contributed by atoms with Gasteiger partial charge in [-0.15, -0.1) is 0 Å². The lowest BCUT2D eigenvalue weighted by molar-refractivity contribution is -0.137. The van der Waals surface area contributed by atoms with E-state index in [0.717, 1.165) is 12.1 Å². The molecule has 17 heavy (non-hydrogen) atoms. The van der Waals surface area contributed by atoms with Crippen LogP contribution in [0.4, 0.5) is 13.2 Å². The molecule has 0 fully saturated rings. The molecule has 0 radical (unpaired) electrons. The molecule has 2 nitrogen and oxygen atoms in total. The number of aryl methyl sites for hydroxylation is 1. The van der Waals surface area contributed by atoms with Crippen molar-refractivity contribution < 1.29 is 18.0 Å². The highest BCUT2D eigenvalue weighted by molar-refractivity contribution is 5.99. The van der Waals surface area contributed by atoms with E-state index in [1.54, 1.807) is 6.07 Å². The average molecular weight is 241 g/mol. The molecule has 1 aromatic rings. The molecule has 0 aliphatic carbocycles. The minimum Gasteiger partial charge on any atom is -0.293 e. The van der Waals surface area contributed by atoms with Gasteiger partial charge in [0.05, 0.1) is 11.6 Å². The third kappa shape index (κ3) is 3.06. The van der Waals surface area contributed by atoms with Crippen LogP contribution in [0.2, 0.25) is 0 Å². The molecule has 90 valence electrons. The zero-order chi connectivity index (χ0) is 13.2. The zero-order valence-corrected chi connectivity index (χ0v) is 9.30. The summed E-state index contributed by atoms with van der Waals surface area (Å²) in [7, 11) is 0. The predicted molar refractivity (Wildman–Crippen MR) is 55.3 cm³/mol. The molecule has 0 aliphatic rings. The predicted octanol–water partition coefficient (Wildman–Crippen LogP) is 3.36. The summed E-state index contributed by atoms with van der Waals surface area (Å²) in [4.78, 5) is 11.6. The Balaban J connectivity index is 3.25. The van der Waals surface area contributed by atoms with E-state index in [1.165, 1.54) is 19.9 Å². The van der Waals surface area contributed by atoms with E-state index in [4.69, 9.17) is 5.26 Å². The molecule has 0 aliphatic heterocycles. The smallest absolute Gasteiger partial charge is 0.293 e. The number of carbonyl (C=O) groups is 1. The monoisotopic (exact) mass is 241 g/mol. The standard InChI is InChI=1S/C12H10F3NO/c1-7-3-9(11(17)8(2)6-16)5-10(4-7)12(13,14)15/h3-5,8H,1-2H3. The minimum atomic E-state index is -4.49. The first-order valence-corrected chi connectivity index (χ1v) is 4.88. The first-order valence-electron chi connectivity index (χ1n) is 4.88. The van der Waals surface area contributed by atoms with Crippen LogP contribution in [0.3, 0.4) is 0 Å². The molecule has 1 unspecified atom stereocenters. The van der Waals surface area contributed by atoms with Gasteiger partial charge in [0.1, 0.15) is 5.92 Å². The van der Waals surface area contributed by atoms with E-state index in [9.17, 15) is 18.0 Å². The maximum absolute atomic E-state index is 12.5. The SMILES string of the molecule is Cc1cc(C(=O)C(C)C#N)cc(C(F)(F)F)c1. The minimum absolute atomic E-state index is 0.0774. The largest absolute Gasteiger partial charge is 0.416 e. The van der Waals surface area contributed by atoms with Crippen LogP contribution in [0.1, 0.15) is 28.4 Å². The van der Waals surface area contributed by atoms with Crippen LogP contribution in [-0.4, -0.2) is 5.78 Å². The summed E-state index contributed by atoms with van der Waals surface area (Å²) in [6, 6.07) is 4.81. The zero-order valence-electron chi connectivity index (χ0n) is 9.30. The summed E-state index contributed by atoms with van der Waals surface area (Å²) in [5.74, 6) is -1.54. The van der Waals surface area contributed by atoms with E-state index in [0.29, 0.717) is 5.56 Å². The molecular formula is C12H10F3NO. The van der Waals surface area contributed by atoms with Crippen molar-refractivity contribution in [2.75, 3.05) is 0 Å². The summed E-state index contributed by atoms with van der Waals surface area (Å²) in [6.45, 7) is 2.83. The van der Waals surface area contributed by atoms with Gasteiger partial charge in [0.15, 0.2) is 5.78 Å². The van der Waals surface area contributed by atoms with Crippen LogP contribution in [0.25, 0.3) is 0 Å². The van der Waals surface area contributed by atoms with Crippen molar-refractivity contribution in [3.63, 3.8) is 0 Å². The number of carbonyl (C=O) groups excluding carboxylic acids is 1. The summed E-state index contributed by atoms with van der Waals surface area (Å²) < 4.78 is 37.6. The molecule has 0 saturated carbocycles. The number of alkyl halides is 3. The van der Waals surface area contributed by atoms with E-state index in [-0.39, 0.29) is 5.56 Å². The molecule has 0 bridgehead atoms. The third-order valence-corrected chi connectivity index (χ3v) is 2.28. The Labute approximate surface area is 96.7 Å². The summed E-state index contributed by atoms with van der Waals surface area (Å²) >= 11 is 0. The molecule has 1 rings (SSSR count). The van der Waals surface area contributed by atoms with Crippen molar-refractivity contribution in [2.24, 2.45) is 5.92 Å². The van der Waals surface area contributed by atoms with Crippen molar-refractivity contribution in [3.8, 4) is 6.07 Å². The van der Waals surface area contributed by atoms with Crippen molar-refractivity contribution in [3.05, 3.63) is 34.9 Å². The maximum atomic E-state index is 12.5. The second kappa shape index (κ2) is 4.58. The Morgan fingerprint density at radius 3 is 2.41 bits per heavy atom. The lowest BCUT2D eigenvalue weighted by atomic mass is 9.97. The van der Waals surface area contributed by atoms with Crippen molar-refractivity contribution in [1.29, 1.82) is 5.26 Å². The second-order valence-corrected chi connectivity index (χ2v) is 3.80. The topological polar surface area (TPSA) is 40.9 Å². The van der Waals surface area contributed by atoms with Gasteiger partial charge in [-0.2, -0.15) is 18.4 Å². The van der Waals surface area contributed by atoms with Crippen LogP contribution in [0.5, 0.6) is 0 Å². The Bertz CT molecular complexity index is 486. The van der Waals surface area contributed by atoms with Gasteiger partial charge in [-0.3, -0.25) is 4.79 Å². The highest BCUT2D eigenvalue weighted by Gasteiger charge is 2.31. The molecule has 1 aromatic carbocycles. The molecule has 0 aromatic heterocycles. The summed E-state index contributed by atoms with van der Waals surface area (Å²) in [5, 5.41) is 8.57. The van der Waals surface area contributed by atoms with Gasteiger partial charge in [0, 0.05) is 5.56 Å². The maximum Gasteiger partial charge on any atom is 0.416 e. The van der Waals surface area contributed by atoms with E-state index >= 15 is 0 Å². The number of hydrogen-bond donors (Lipinski definition) is 0. The average Bonchev–Trinajstić information content (AvgIpc) is 2.25. The van der Waals surface area contributed by atoms with Gasteiger partial charge < -0.3 is 0 Å². The molecule has 0 amide bonds. The van der Waals surface area contributed by atoms with Crippen molar-refractivity contribution in [2.45, 2.75) is 20.0 Å². The number of rotatable bonds is 2. The Hall–Kier alpha value is -1.83. The van der Waals surface area contributed by atoms with Gasteiger partial charge in [0.25, 0.3) is 0 Å². The molecule has 0 N–H and O–H groups in total. The van der Waals surface area contributed by atoms with Crippen LogP contribution in [0.15, 0.2) is 18.2 Å². The Morgan fingerprint density at radius 1 is 1.35 bits per heavy atom. The first-order chi connectivity index (χ1) is 7.75. The fourth-order valence-corrected chi connectivity index (χ4v) is 1.40. The number of benzene rings is 1. The molecular weight excluding hydrogens is 231 g/mol. The highest BCUT2D eigenvalue weighted by atomic mass is 19.4. The number of Topliss-reactive ketones (excluding diaryl/α,β-unsaturated/α-hetero) is 1. The van der Waals surface area contributed by atoms with Gasteiger partial charge in [0.2, 0.25) is 0 Å². The number of hydrogen-bond acceptors (Lipinski definition) is 2. The van der Waals surface area contributed by atoms with Crippen molar-refractivity contribution in [1.82, 2.24) is 0 Å². The fourth-order valence-electron chi connectivity index (χ4n) is 1.40. The molecule has 5 heteroatoms. The summed E-state index contributed by atoms with van der Waals surface area (Å²) in [5.41, 5.74) is -0.606. The molecule has 0 spiro atoms. The molecule has 0 heterocycles. The number of nitriles is 1. The second-order valence-electron chi connectivity index (χ2n) is 3.80. The number of halogens is 3. The van der Waals surface area contributed by atoms with Gasteiger partial charge >= 0.3 is 6.18 Å². The van der Waals surface area contributed by atoms with Crippen LogP contribution >= 0.6 is 0 Å². The van der Waals surface area contributed by atoms with Crippen LogP contribution in [0, 0.1) is 24.2 Å². The van der Waals surface area contributed by atoms with E-state index < -0.39 is 23.4 Å². The van der Waals surface area contributed by atoms with Gasteiger partial charge in [-0.1, -0.05) is 0 Å². The Morgan fingerprint density at radius 2 is 1.94 bits per heavy atom. The van der Waals surface area contributed by atoms with Crippen LogP contribution in [-0.2, 0) is 6.18 Å². The highest BCUT2D eigenvalue weighted by Crippen LogP contribution is 2.31. The molecule has 0 saturated heterocycles. The number of ketones is 1. The van der Waals surface area contributed by atoms with Crippen molar-refractivity contribution >= 4 is 5.78 Å². The Kier molecular flexibility index (Phi) is 3.56. The lowest BCUT2D eigenvalue weighted by Gasteiger charge is -2.10. The first kappa shape index (κ1) is 13.2. The van der Waals surface area contributed by atoms with E-state index in [1.807, 2.05) is 0 Å². The molecule has 1 atom stereocenters. The third-order valence-electron chi connectivity index (χ3n) is 2.28. The number of nitrogens with zero attached hydrogens (tertiary/aromatic N) is 1. The van der Waals surface area contributed by atoms with Gasteiger partial charge in [-0.05, 0) is 37.6 Å².